The van der Waals surface area contributed by atoms with Gasteiger partial charge in [0.2, 0.25) is 0 Å². The lowest BCUT2D eigenvalue weighted by Gasteiger charge is -2.07. The lowest BCUT2D eigenvalue weighted by molar-refractivity contribution is 0.104. The molecule has 0 aliphatic heterocycles. The third-order valence-electron chi connectivity index (χ3n) is 3.76. The van der Waals surface area contributed by atoms with Crippen molar-refractivity contribution in [1.82, 2.24) is 4.98 Å². The molecule has 0 aliphatic rings. The van der Waals surface area contributed by atoms with Crippen LogP contribution in [0.15, 0.2) is 60.7 Å². The van der Waals surface area contributed by atoms with Crippen molar-refractivity contribution >= 4 is 33.4 Å². The van der Waals surface area contributed by atoms with E-state index in [1.54, 1.807) is 17.8 Å². The molecule has 0 unspecified atom stereocenters. The minimum absolute atomic E-state index is 0.0474. The van der Waals surface area contributed by atoms with Gasteiger partial charge in [0, 0.05) is 38.7 Å². The minimum Gasteiger partial charge on any atom is -0.358 e. The molecule has 1 N–H and O–H groups in total. The average molecular weight is 321 g/mol. The van der Waals surface area contributed by atoms with Crippen molar-refractivity contribution < 1.29 is 4.79 Å². The lowest BCUT2D eigenvalue weighted by atomic mass is 10.1. The maximum atomic E-state index is 12.6. The molecular formula is C20H19NOS. The Labute approximate surface area is 140 Å². The van der Waals surface area contributed by atoms with E-state index in [1.165, 1.54) is 0 Å². The number of benzene rings is 2. The molecule has 2 aromatic carbocycles. The van der Waals surface area contributed by atoms with Crippen LogP contribution < -0.4 is 0 Å². The molecule has 0 saturated heterocycles. The molecule has 3 heteroatoms. The fraction of sp³-hybridized carbons (Fsp3) is 0.150. The van der Waals surface area contributed by atoms with Gasteiger partial charge in [-0.25, -0.2) is 0 Å². The maximum Gasteiger partial charge on any atom is 0.186 e. The van der Waals surface area contributed by atoms with E-state index in [0.717, 1.165) is 38.4 Å². The van der Waals surface area contributed by atoms with Gasteiger partial charge in [-0.05, 0) is 18.7 Å². The van der Waals surface area contributed by atoms with Crippen molar-refractivity contribution in [1.29, 1.82) is 0 Å². The second kappa shape index (κ2) is 6.88. The molecule has 0 spiro atoms. The van der Waals surface area contributed by atoms with Crippen LogP contribution in [0, 0.1) is 6.92 Å². The number of hydrogen-bond acceptors (Lipinski definition) is 2. The second-order valence-corrected chi connectivity index (χ2v) is 6.65. The summed E-state index contributed by atoms with van der Waals surface area (Å²) in [6.07, 6.45) is 1.77. The Morgan fingerprint density at radius 1 is 1.09 bits per heavy atom. The van der Waals surface area contributed by atoms with Crippen LogP contribution in [0.2, 0.25) is 0 Å². The predicted octanol–water partition coefficient (Wildman–Crippen LogP) is 5.45. The summed E-state index contributed by atoms with van der Waals surface area (Å²) in [6, 6.07) is 17.6. The molecule has 1 aromatic heterocycles. The summed E-state index contributed by atoms with van der Waals surface area (Å²) in [6.45, 7) is 4.17. The van der Waals surface area contributed by atoms with Gasteiger partial charge in [0.05, 0.1) is 0 Å². The summed E-state index contributed by atoms with van der Waals surface area (Å²) >= 11 is 1.71. The first kappa shape index (κ1) is 15.6. The summed E-state index contributed by atoms with van der Waals surface area (Å²) in [5.41, 5.74) is 4.06. The van der Waals surface area contributed by atoms with E-state index in [4.69, 9.17) is 0 Å². The third kappa shape index (κ3) is 3.25. The monoisotopic (exact) mass is 321 g/mol. The maximum absolute atomic E-state index is 12.6. The van der Waals surface area contributed by atoms with Crippen LogP contribution in [0.4, 0.5) is 0 Å². The number of nitrogens with one attached hydrogen (secondary N) is 1. The van der Waals surface area contributed by atoms with Gasteiger partial charge in [0.1, 0.15) is 0 Å². The number of para-hydroxylation sites is 1. The van der Waals surface area contributed by atoms with Crippen LogP contribution in [0.3, 0.4) is 0 Å². The molecule has 0 atom stereocenters. The fourth-order valence-electron chi connectivity index (χ4n) is 2.74. The number of ketones is 1. The number of carbonyl (C=O) groups excluding carboxylic acids is 1. The zero-order chi connectivity index (χ0) is 16.2. The van der Waals surface area contributed by atoms with Gasteiger partial charge in [0.25, 0.3) is 0 Å². The molecule has 23 heavy (non-hydrogen) atoms. The van der Waals surface area contributed by atoms with E-state index in [9.17, 15) is 4.79 Å². The van der Waals surface area contributed by atoms with Crippen molar-refractivity contribution in [3.63, 3.8) is 0 Å². The number of carbonyl (C=O) groups is 1. The molecule has 3 rings (SSSR count). The first-order valence-electron chi connectivity index (χ1n) is 7.72. The van der Waals surface area contributed by atoms with Crippen LogP contribution in [0.1, 0.15) is 28.5 Å². The molecule has 0 fully saturated rings. The average Bonchev–Trinajstić information content (AvgIpc) is 2.91. The number of H-pyrrole nitrogens is 1. The first-order chi connectivity index (χ1) is 11.2. The largest absolute Gasteiger partial charge is 0.358 e. The van der Waals surface area contributed by atoms with Crippen molar-refractivity contribution in [2.45, 2.75) is 13.8 Å². The number of hydrogen-bond donors (Lipinski definition) is 1. The number of rotatable bonds is 5. The highest BCUT2D eigenvalue weighted by atomic mass is 32.2. The Kier molecular flexibility index (Phi) is 4.68. The number of fused-ring (bicyclic) bond motifs is 1. The highest BCUT2D eigenvalue weighted by Crippen LogP contribution is 2.35. The molecule has 0 aliphatic carbocycles. The molecule has 3 aromatic rings. The van der Waals surface area contributed by atoms with Gasteiger partial charge in [-0.1, -0.05) is 55.5 Å². The van der Waals surface area contributed by atoms with E-state index in [-0.39, 0.29) is 5.78 Å². The standard InChI is InChI=1S/C20H19NOS/c1-3-23-19(13-18(22)15-9-5-4-6-10-15)20-14(2)21-17-12-8-7-11-16(17)20/h4-13,21H,3H2,1-2H3/b19-13-. The molecule has 0 bridgehead atoms. The summed E-state index contributed by atoms with van der Waals surface area (Å²) in [5, 5.41) is 1.16. The highest BCUT2D eigenvalue weighted by molar-refractivity contribution is 8.08. The van der Waals surface area contributed by atoms with E-state index < -0.39 is 0 Å². The van der Waals surface area contributed by atoms with E-state index in [2.05, 4.69) is 31.0 Å². The number of thioether (sulfide) groups is 1. The lowest BCUT2D eigenvalue weighted by Crippen LogP contribution is -1.96. The van der Waals surface area contributed by atoms with Crippen LogP contribution in [0.5, 0.6) is 0 Å². The predicted molar refractivity (Wildman–Crippen MR) is 99.9 cm³/mol. The molecule has 116 valence electrons. The molecule has 1 heterocycles. The Hall–Kier alpha value is -2.26. The van der Waals surface area contributed by atoms with E-state index in [0.29, 0.717) is 0 Å². The first-order valence-corrected chi connectivity index (χ1v) is 8.71. The van der Waals surface area contributed by atoms with E-state index >= 15 is 0 Å². The van der Waals surface area contributed by atoms with Gasteiger partial charge in [-0.2, -0.15) is 0 Å². The molecule has 2 nitrogen and oxygen atoms in total. The highest BCUT2D eigenvalue weighted by Gasteiger charge is 2.14. The van der Waals surface area contributed by atoms with Crippen LogP contribution >= 0.6 is 11.8 Å². The molecule has 0 radical (unpaired) electrons. The minimum atomic E-state index is 0.0474. The van der Waals surface area contributed by atoms with Gasteiger partial charge < -0.3 is 4.98 Å². The fourth-order valence-corrected chi connectivity index (χ4v) is 3.65. The van der Waals surface area contributed by atoms with Gasteiger partial charge in [-0.15, -0.1) is 11.8 Å². The number of aromatic nitrogens is 1. The van der Waals surface area contributed by atoms with E-state index in [1.807, 2.05) is 42.5 Å². The van der Waals surface area contributed by atoms with Crippen molar-refractivity contribution in [3.05, 3.63) is 77.5 Å². The number of allylic oxidation sites excluding steroid dienone is 1. The molecule has 0 amide bonds. The quantitative estimate of drug-likeness (QED) is 0.500. The van der Waals surface area contributed by atoms with Crippen LogP contribution in [-0.2, 0) is 0 Å². The van der Waals surface area contributed by atoms with Crippen LogP contribution in [0.25, 0.3) is 15.8 Å². The normalized spacial score (nSPS) is 11.8. The number of aryl methyl sites for hydroxylation is 1. The zero-order valence-electron chi connectivity index (χ0n) is 13.3. The number of aromatic amines is 1. The second-order valence-electron chi connectivity index (χ2n) is 5.34. The van der Waals surface area contributed by atoms with Gasteiger partial charge in [-0.3, -0.25) is 4.79 Å². The SMILES string of the molecule is CCS/C(=C\C(=O)c1ccccc1)c1c(C)[nH]c2ccccc12. The van der Waals surface area contributed by atoms with Crippen molar-refractivity contribution in [2.75, 3.05) is 5.75 Å². The van der Waals surface area contributed by atoms with Gasteiger partial charge >= 0.3 is 0 Å². The summed E-state index contributed by atoms with van der Waals surface area (Å²) in [7, 11) is 0. The Balaban J connectivity index is 2.09. The molecule has 0 saturated carbocycles. The van der Waals surface area contributed by atoms with Gasteiger partial charge in [0.15, 0.2) is 5.78 Å². The summed E-state index contributed by atoms with van der Waals surface area (Å²) in [5.74, 6) is 0.971. The third-order valence-corrected chi connectivity index (χ3v) is 4.68. The van der Waals surface area contributed by atoms with Crippen molar-refractivity contribution in [2.24, 2.45) is 0 Å². The Morgan fingerprint density at radius 2 is 1.78 bits per heavy atom. The smallest absolute Gasteiger partial charge is 0.186 e. The molecular weight excluding hydrogens is 302 g/mol. The van der Waals surface area contributed by atoms with Crippen LogP contribution in [-0.4, -0.2) is 16.5 Å². The zero-order valence-corrected chi connectivity index (χ0v) is 14.1. The Morgan fingerprint density at radius 3 is 2.52 bits per heavy atom. The van der Waals surface area contributed by atoms with Crippen molar-refractivity contribution in [3.8, 4) is 0 Å². The summed E-state index contributed by atoms with van der Waals surface area (Å²) < 4.78 is 0. The Bertz CT molecular complexity index is 862. The topological polar surface area (TPSA) is 32.9 Å². The summed E-state index contributed by atoms with van der Waals surface area (Å²) in [4.78, 5) is 17.0.